The van der Waals surface area contributed by atoms with Gasteiger partial charge in [0.15, 0.2) is 16.1 Å². The van der Waals surface area contributed by atoms with Crippen LogP contribution in [-0.2, 0) is 16.1 Å². The maximum atomic E-state index is 12.5. The predicted molar refractivity (Wildman–Crippen MR) is 118 cm³/mol. The summed E-state index contributed by atoms with van der Waals surface area (Å²) in [6.45, 7) is 3.20. The van der Waals surface area contributed by atoms with E-state index in [1.165, 1.54) is 23.1 Å². The number of amides is 1. The van der Waals surface area contributed by atoms with Crippen molar-refractivity contribution in [2.75, 3.05) is 24.8 Å². The van der Waals surface area contributed by atoms with Gasteiger partial charge in [0.1, 0.15) is 5.76 Å². The number of hydrogen-bond donors (Lipinski definition) is 1. The van der Waals surface area contributed by atoms with Gasteiger partial charge in [0, 0.05) is 20.3 Å². The normalized spacial score (nSPS) is 11.3. The lowest BCUT2D eigenvalue weighted by molar-refractivity contribution is -0.113. The molecule has 0 bridgehead atoms. The minimum absolute atomic E-state index is 0.133. The first kappa shape index (κ1) is 20.6. The molecule has 0 saturated heterocycles. The maximum absolute atomic E-state index is 12.5. The van der Waals surface area contributed by atoms with Crippen LogP contribution in [0.15, 0.2) is 46.2 Å². The van der Waals surface area contributed by atoms with Crippen molar-refractivity contribution in [3.63, 3.8) is 0 Å². The zero-order chi connectivity index (χ0) is 20.9. The largest absolute Gasteiger partial charge is 0.469 e. The maximum Gasteiger partial charge on any atom is 0.236 e. The third-order valence-corrected chi connectivity index (χ3v) is 6.34. The number of aryl methyl sites for hydroxylation is 1. The first-order valence-electron chi connectivity index (χ1n) is 9.40. The molecule has 0 fully saturated rings. The van der Waals surface area contributed by atoms with Crippen molar-refractivity contribution in [1.29, 1.82) is 0 Å². The Bertz CT molecular complexity index is 1120. The van der Waals surface area contributed by atoms with E-state index in [1.807, 2.05) is 41.8 Å². The van der Waals surface area contributed by atoms with Crippen LogP contribution in [0, 0.1) is 6.92 Å². The minimum atomic E-state index is -0.133. The molecule has 0 aliphatic carbocycles. The lowest BCUT2D eigenvalue weighted by Gasteiger charge is -2.09. The number of hydrogen-bond acceptors (Lipinski definition) is 8. The van der Waals surface area contributed by atoms with Crippen molar-refractivity contribution in [3.8, 4) is 11.4 Å². The van der Waals surface area contributed by atoms with Crippen molar-refractivity contribution in [1.82, 2.24) is 19.7 Å². The van der Waals surface area contributed by atoms with Crippen LogP contribution in [0.4, 0.5) is 5.13 Å². The molecule has 0 spiro atoms. The highest BCUT2D eigenvalue weighted by atomic mass is 32.2. The molecule has 0 atom stereocenters. The third kappa shape index (κ3) is 4.55. The number of benzene rings is 1. The molecule has 0 unspecified atom stereocenters. The van der Waals surface area contributed by atoms with E-state index in [1.54, 1.807) is 13.4 Å². The number of anilines is 1. The molecule has 0 aliphatic rings. The van der Waals surface area contributed by atoms with E-state index in [0.29, 0.717) is 23.4 Å². The Hall–Kier alpha value is -2.69. The molecule has 1 N–H and O–H groups in total. The van der Waals surface area contributed by atoms with Crippen LogP contribution >= 0.6 is 23.1 Å². The molecule has 0 saturated carbocycles. The summed E-state index contributed by atoms with van der Waals surface area (Å²) in [5.41, 5.74) is 1.77. The van der Waals surface area contributed by atoms with Crippen LogP contribution in [-0.4, -0.2) is 45.1 Å². The van der Waals surface area contributed by atoms with Gasteiger partial charge < -0.3 is 19.0 Å². The fraction of sp³-hybridized carbons (Fsp3) is 0.300. The molecule has 30 heavy (non-hydrogen) atoms. The van der Waals surface area contributed by atoms with Crippen LogP contribution in [0.2, 0.25) is 0 Å². The average molecular weight is 444 g/mol. The summed E-state index contributed by atoms with van der Waals surface area (Å²) in [6.07, 6.45) is 2.45. The molecule has 4 rings (SSSR count). The van der Waals surface area contributed by atoms with Gasteiger partial charge in [-0.3, -0.25) is 4.79 Å². The van der Waals surface area contributed by atoms with E-state index in [4.69, 9.17) is 9.15 Å². The molecule has 4 aromatic rings. The molecule has 8 nitrogen and oxygen atoms in total. The van der Waals surface area contributed by atoms with Gasteiger partial charge in [-0.15, -0.1) is 10.2 Å². The number of nitrogens with zero attached hydrogens (tertiary/aromatic N) is 4. The van der Waals surface area contributed by atoms with Crippen molar-refractivity contribution in [2.24, 2.45) is 0 Å². The fourth-order valence-electron chi connectivity index (χ4n) is 2.99. The Labute approximate surface area is 181 Å². The molecular formula is C20H21N5O3S2. The van der Waals surface area contributed by atoms with Crippen molar-refractivity contribution < 1.29 is 13.9 Å². The number of ether oxygens (including phenoxy) is 1. The van der Waals surface area contributed by atoms with Crippen LogP contribution in [0.25, 0.3) is 21.6 Å². The highest BCUT2D eigenvalue weighted by molar-refractivity contribution is 7.99. The number of thiazole rings is 1. The van der Waals surface area contributed by atoms with E-state index in [9.17, 15) is 4.79 Å². The zero-order valence-corrected chi connectivity index (χ0v) is 18.3. The van der Waals surface area contributed by atoms with E-state index >= 15 is 0 Å². The number of para-hydroxylation sites is 1. The topological polar surface area (TPSA) is 95.1 Å². The number of furan rings is 1. The van der Waals surface area contributed by atoms with E-state index < -0.39 is 0 Å². The second-order valence-corrected chi connectivity index (χ2v) is 8.49. The Morgan fingerprint density at radius 3 is 2.93 bits per heavy atom. The number of methoxy groups -OCH3 is 1. The van der Waals surface area contributed by atoms with Gasteiger partial charge in [0.25, 0.3) is 0 Å². The fourth-order valence-corrected chi connectivity index (χ4v) is 4.64. The van der Waals surface area contributed by atoms with E-state index in [0.717, 1.165) is 33.8 Å². The summed E-state index contributed by atoms with van der Waals surface area (Å²) in [5.74, 6) is 1.58. The first-order chi connectivity index (χ1) is 14.7. The smallest absolute Gasteiger partial charge is 0.236 e. The summed E-state index contributed by atoms with van der Waals surface area (Å²) >= 11 is 2.80. The molecule has 1 amide bonds. The lowest BCUT2D eigenvalue weighted by Crippen LogP contribution is -2.14. The summed E-state index contributed by atoms with van der Waals surface area (Å²) in [6, 6.07) is 9.68. The molecule has 0 radical (unpaired) electrons. The molecule has 1 aromatic carbocycles. The summed E-state index contributed by atoms with van der Waals surface area (Å²) in [4.78, 5) is 16.9. The van der Waals surface area contributed by atoms with Gasteiger partial charge in [0.05, 0.1) is 27.8 Å². The number of fused-ring (bicyclic) bond motifs is 1. The van der Waals surface area contributed by atoms with Crippen molar-refractivity contribution in [3.05, 3.63) is 42.4 Å². The van der Waals surface area contributed by atoms with Crippen LogP contribution < -0.4 is 5.32 Å². The number of rotatable bonds is 9. The lowest BCUT2D eigenvalue weighted by atomic mass is 10.2. The summed E-state index contributed by atoms with van der Waals surface area (Å²) in [5, 5.41) is 12.8. The average Bonchev–Trinajstić information content (AvgIpc) is 3.44. The number of carbonyl (C=O) groups excluding carboxylic acids is 1. The Kier molecular flexibility index (Phi) is 6.46. The van der Waals surface area contributed by atoms with Crippen LogP contribution in [0.3, 0.4) is 0 Å². The minimum Gasteiger partial charge on any atom is -0.469 e. The Morgan fingerprint density at radius 1 is 1.30 bits per heavy atom. The van der Waals surface area contributed by atoms with Gasteiger partial charge in [-0.25, -0.2) is 4.98 Å². The SMILES string of the molecule is COCCCn1c(SCC(=O)Nc2nc3ccccc3s2)nnc1-c1ccoc1C. The molecule has 0 aliphatic heterocycles. The van der Waals surface area contributed by atoms with Gasteiger partial charge in [-0.2, -0.15) is 0 Å². The van der Waals surface area contributed by atoms with Crippen LogP contribution in [0.5, 0.6) is 0 Å². The molecule has 3 heterocycles. The van der Waals surface area contributed by atoms with Crippen LogP contribution in [0.1, 0.15) is 12.2 Å². The highest BCUT2D eigenvalue weighted by Crippen LogP contribution is 2.28. The number of carbonyl (C=O) groups is 1. The van der Waals surface area contributed by atoms with E-state index in [-0.39, 0.29) is 11.7 Å². The number of aromatic nitrogens is 4. The monoisotopic (exact) mass is 443 g/mol. The molecule has 156 valence electrons. The number of nitrogens with one attached hydrogen (secondary N) is 1. The highest BCUT2D eigenvalue weighted by Gasteiger charge is 2.18. The Morgan fingerprint density at radius 2 is 2.17 bits per heavy atom. The molecular weight excluding hydrogens is 422 g/mol. The standard InChI is InChI=1S/C20H21N5O3S2/c1-13-14(8-11-28-13)18-23-24-20(25(18)9-5-10-27-2)29-12-17(26)22-19-21-15-6-3-4-7-16(15)30-19/h3-4,6-8,11H,5,9-10,12H2,1-2H3,(H,21,22,26). The zero-order valence-electron chi connectivity index (χ0n) is 16.6. The quantitative estimate of drug-likeness (QED) is 0.306. The summed E-state index contributed by atoms with van der Waals surface area (Å²) in [7, 11) is 1.68. The van der Waals surface area contributed by atoms with Gasteiger partial charge in [-0.05, 0) is 31.5 Å². The van der Waals surface area contributed by atoms with E-state index in [2.05, 4.69) is 20.5 Å². The predicted octanol–water partition coefficient (Wildman–Crippen LogP) is 4.22. The second kappa shape index (κ2) is 9.41. The second-order valence-electron chi connectivity index (χ2n) is 6.52. The van der Waals surface area contributed by atoms with Gasteiger partial charge in [-0.1, -0.05) is 35.2 Å². The van der Waals surface area contributed by atoms with Crippen molar-refractivity contribution >= 4 is 44.4 Å². The van der Waals surface area contributed by atoms with Gasteiger partial charge in [0.2, 0.25) is 5.91 Å². The van der Waals surface area contributed by atoms with Crippen molar-refractivity contribution in [2.45, 2.75) is 25.0 Å². The Balaban J connectivity index is 1.45. The molecule has 3 aromatic heterocycles. The molecule has 10 heteroatoms. The first-order valence-corrected chi connectivity index (χ1v) is 11.2. The summed E-state index contributed by atoms with van der Waals surface area (Å²) < 4.78 is 13.6. The third-order valence-electron chi connectivity index (χ3n) is 4.42. The number of thioether (sulfide) groups is 1. The van der Waals surface area contributed by atoms with Gasteiger partial charge >= 0.3 is 0 Å².